The number of carbonyl (C=O) groups is 2. The fourth-order valence-corrected chi connectivity index (χ4v) is 3.23. The molecule has 0 atom stereocenters. The Balaban J connectivity index is 2.18. The van der Waals surface area contributed by atoms with E-state index in [0.717, 1.165) is 0 Å². The average molecular weight is 339 g/mol. The molecule has 0 spiro atoms. The van der Waals surface area contributed by atoms with Gasteiger partial charge in [0.1, 0.15) is 0 Å². The van der Waals surface area contributed by atoms with Crippen LogP contribution in [0.25, 0.3) is 11.2 Å². The summed E-state index contributed by atoms with van der Waals surface area (Å²) in [5.74, 6) is -0.362. The molecule has 1 aliphatic rings. The summed E-state index contributed by atoms with van der Waals surface area (Å²) in [5.41, 5.74) is 17.4. The maximum Gasteiger partial charge on any atom is 0.251 e. The molecule has 0 saturated carbocycles. The van der Waals surface area contributed by atoms with Gasteiger partial charge in [-0.25, -0.2) is 4.68 Å². The molecule has 3 rings (SSSR count). The molecule has 0 radical (unpaired) electrons. The summed E-state index contributed by atoms with van der Waals surface area (Å²) in [6.07, 6.45) is 0.951. The van der Waals surface area contributed by atoms with Crippen LogP contribution < -0.4 is 11.1 Å². The Morgan fingerprint density at radius 2 is 2.12 bits per heavy atom. The maximum atomic E-state index is 12.5. The number of carbonyl (C=O) groups excluding carboxylic acids is 2. The van der Waals surface area contributed by atoms with Crippen LogP contribution in [0.2, 0.25) is 0 Å². The highest BCUT2D eigenvalue weighted by Crippen LogP contribution is 2.40. The van der Waals surface area contributed by atoms with E-state index in [1.807, 2.05) is 13.8 Å². The number of amides is 1. The summed E-state index contributed by atoms with van der Waals surface area (Å²) in [5, 5.41) is 9.95. The molecule has 0 unspecified atom stereocenters. The van der Waals surface area contributed by atoms with Crippen LogP contribution in [0.3, 0.4) is 0 Å². The molecule has 1 heterocycles. The molecule has 1 amide bonds. The van der Waals surface area contributed by atoms with Gasteiger partial charge in [0.2, 0.25) is 0 Å². The van der Waals surface area contributed by atoms with Crippen molar-refractivity contribution < 1.29 is 9.59 Å². The lowest BCUT2D eigenvalue weighted by Crippen LogP contribution is -2.28. The molecule has 1 aromatic heterocycles. The van der Waals surface area contributed by atoms with E-state index in [0.29, 0.717) is 41.0 Å². The molecule has 8 nitrogen and oxygen atoms in total. The van der Waals surface area contributed by atoms with Crippen LogP contribution in [0.5, 0.6) is 0 Å². The summed E-state index contributed by atoms with van der Waals surface area (Å²) in [7, 11) is 1.54. The first-order chi connectivity index (χ1) is 11.8. The lowest BCUT2D eigenvalue weighted by atomic mass is 9.76. The standard InChI is InChI=1S/C17H19N6O2/c1-17(2)7-12-14(13(24)8-17)15(21-19)22-23(12)11-5-4-9(6-10(11)18)16(25)20-3/h4-6H,7-8,18H2,1-3H3,(H,20,25)/q-1. The number of Topliss-reactive ketones (excluding diaryl/α,β-unsaturated/α-hetero) is 1. The number of nitrogens with one attached hydrogen (secondary N) is 1. The van der Waals surface area contributed by atoms with E-state index in [2.05, 4.69) is 15.5 Å². The molecular weight excluding hydrogens is 320 g/mol. The molecule has 2 aromatic rings. The van der Waals surface area contributed by atoms with Gasteiger partial charge in [-0.1, -0.05) is 13.8 Å². The van der Waals surface area contributed by atoms with Gasteiger partial charge in [-0.3, -0.25) is 9.59 Å². The van der Waals surface area contributed by atoms with Crippen LogP contribution >= 0.6 is 0 Å². The lowest BCUT2D eigenvalue weighted by Gasteiger charge is -2.29. The van der Waals surface area contributed by atoms with Crippen LogP contribution in [0.15, 0.2) is 23.3 Å². The highest BCUT2D eigenvalue weighted by molar-refractivity contribution is 6.02. The third-order valence-corrected chi connectivity index (χ3v) is 4.37. The number of benzene rings is 1. The van der Waals surface area contributed by atoms with E-state index in [1.54, 1.807) is 25.2 Å². The first-order valence-electron chi connectivity index (χ1n) is 7.89. The van der Waals surface area contributed by atoms with Crippen molar-refractivity contribution in [1.82, 2.24) is 15.1 Å². The number of ketones is 1. The minimum Gasteiger partial charge on any atom is -0.705 e. The quantitative estimate of drug-likeness (QED) is 0.658. The molecule has 1 aliphatic carbocycles. The minimum absolute atomic E-state index is 0.00900. The summed E-state index contributed by atoms with van der Waals surface area (Å²) in [6, 6.07) is 4.85. The van der Waals surface area contributed by atoms with Crippen molar-refractivity contribution in [2.45, 2.75) is 26.7 Å². The number of hydrogen-bond acceptors (Lipinski definition) is 5. The van der Waals surface area contributed by atoms with E-state index >= 15 is 0 Å². The molecule has 0 aliphatic heterocycles. The van der Waals surface area contributed by atoms with E-state index in [4.69, 9.17) is 5.73 Å². The third kappa shape index (κ3) is 2.79. The van der Waals surface area contributed by atoms with Crippen LogP contribution in [0.4, 0.5) is 11.5 Å². The summed E-state index contributed by atoms with van der Waals surface area (Å²) in [4.78, 5) is 24.2. The highest BCUT2D eigenvalue weighted by Gasteiger charge is 2.36. The summed E-state index contributed by atoms with van der Waals surface area (Å²) >= 11 is 0. The largest absolute Gasteiger partial charge is 0.705 e. The molecule has 8 heteroatoms. The molecule has 0 saturated heterocycles. The first kappa shape index (κ1) is 16.8. The number of rotatable bonds is 3. The van der Waals surface area contributed by atoms with E-state index < -0.39 is 0 Å². The van der Waals surface area contributed by atoms with Crippen molar-refractivity contribution in [2.75, 3.05) is 12.8 Å². The van der Waals surface area contributed by atoms with Gasteiger partial charge < -0.3 is 21.7 Å². The van der Waals surface area contributed by atoms with Gasteiger partial charge in [-0.2, -0.15) is 0 Å². The number of nitrogen functional groups attached to an aromatic ring is 1. The predicted octanol–water partition coefficient (Wildman–Crippen LogP) is 2.62. The van der Waals surface area contributed by atoms with Crippen molar-refractivity contribution in [3.63, 3.8) is 0 Å². The van der Waals surface area contributed by atoms with Gasteiger partial charge >= 0.3 is 0 Å². The Labute approximate surface area is 144 Å². The first-order valence-corrected chi connectivity index (χ1v) is 7.89. The highest BCUT2D eigenvalue weighted by atomic mass is 16.1. The van der Waals surface area contributed by atoms with Crippen LogP contribution in [0.1, 0.15) is 46.7 Å². The van der Waals surface area contributed by atoms with Gasteiger partial charge in [0.15, 0.2) is 11.6 Å². The third-order valence-electron chi connectivity index (χ3n) is 4.37. The van der Waals surface area contributed by atoms with Crippen molar-refractivity contribution in [3.8, 4) is 5.69 Å². The molecule has 3 N–H and O–H groups in total. The molecular formula is C17H19N6O2-. The van der Waals surface area contributed by atoms with Crippen molar-refractivity contribution in [2.24, 2.45) is 10.5 Å². The number of anilines is 1. The molecule has 0 fully saturated rings. The molecule has 0 bridgehead atoms. The maximum absolute atomic E-state index is 12.5. The van der Waals surface area contributed by atoms with Gasteiger partial charge in [-0.05, 0) is 30.0 Å². The minimum atomic E-state index is -0.247. The summed E-state index contributed by atoms with van der Waals surface area (Å²) < 4.78 is 1.53. The Morgan fingerprint density at radius 3 is 2.72 bits per heavy atom. The summed E-state index contributed by atoms with van der Waals surface area (Å²) in [6.45, 7) is 4.00. The Bertz CT molecular complexity index is 897. The number of nitrogens with two attached hydrogens (primary N) is 1. The second-order valence-electron chi connectivity index (χ2n) is 6.95. The van der Waals surface area contributed by atoms with E-state index in [-0.39, 0.29) is 22.9 Å². The lowest BCUT2D eigenvalue weighted by molar-refractivity contribution is 0.0910. The SMILES string of the molecule is CNC(=O)c1ccc(-n2nc(N=[N-])c3c2CC(C)(C)CC3=O)c(N)c1. The number of aromatic nitrogens is 2. The smallest absolute Gasteiger partial charge is 0.251 e. The Morgan fingerprint density at radius 1 is 1.40 bits per heavy atom. The zero-order valence-electron chi connectivity index (χ0n) is 14.3. The van der Waals surface area contributed by atoms with Gasteiger partial charge in [0.25, 0.3) is 5.91 Å². The van der Waals surface area contributed by atoms with E-state index in [9.17, 15) is 15.1 Å². The van der Waals surface area contributed by atoms with Gasteiger partial charge in [-0.15, -0.1) is 5.10 Å². The van der Waals surface area contributed by atoms with Crippen molar-refractivity contribution in [1.29, 1.82) is 0 Å². The second kappa shape index (κ2) is 5.80. The zero-order chi connectivity index (χ0) is 18.4. The van der Waals surface area contributed by atoms with Crippen molar-refractivity contribution in [3.05, 3.63) is 40.6 Å². The number of nitrogens with zero attached hydrogens (tertiary/aromatic N) is 4. The average Bonchev–Trinajstić information content (AvgIpc) is 2.91. The fourth-order valence-electron chi connectivity index (χ4n) is 3.23. The predicted molar refractivity (Wildman–Crippen MR) is 93.2 cm³/mol. The number of fused-ring (bicyclic) bond motifs is 1. The number of hydrogen-bond donors (Lipinski definition) is 2. The Kier molecular flexibility index (Phi) is 3.90. The van der Waals surface area contributed by atoms with E-state index in [1.165, 1.54) is 4.68 Å². The van der Waals surface area contributed by atoms with Crippen LogP contribution in [-0.4, -0.2) is 28.5 Å². The molecule has 25 heavy (non-hydrogen) atoms. The zero-order valence-corrected chi connectivity index (χ0v) is 14.3. The van der Waals surface area contributed by atoms with Crippen LogP contribution in [-0.2, 0) is 6.42 Å². The topological polar surface area (TPSA) is 125 Å². The van der Waals surface area contributed by atoms with Gasteiger partial charge in [0.05, 0.1) is 22.6 Å². The molecule has 130 valence electrons. The van der Waals surface area contributed by atoms with Crippen LogP contribution in [0, 0.1) is 5.41 Å². The normalized spacial score (nSPS) is 15.6. The molecule has 1 aromatic carbocycles. The Hall–Kier alpha value is -3.03. The van der Waals surface area contributed by atoms with Gasteiger partial charge in [0, 0.05) is 19.0 Å². The second-order valence-corrected chi connectivity index (χ2v) is 6.95. The van der Waals surface area contributed by atoms with Crippen molar-refractivity contribution >= 4 is 23.2 Å². The monoisotopic (exact) mass is 339 g/mol. The fraction of sp³-hybridized carbons (Fsp3) is 0.353.